The molecule has 0 aromatic rings. The van der Waals surface area contributed by atoms with Gasteiger partial charge < -0.3 is 25.2 Å². The van der Waals surface area contributed by atoms with Gasteiger partial charge in [-0.15, -0.1) is 0 Å². The van der Waals surface area contributed by atoms with Crippen LogP contribution in [0.5, 0.6) is 0 Å². The van der Waals surface area contributed by atoms with E-state index in [2.05, 4.69) is 31.2 Å². The molecule has 0 aromatic carbocycles. The van der Waals surface area contributed by atoms with Crippen LogP contribution in [-0.4, -0.2) is 56.9 Å². The highest BCUT2D eigenvalue weighted by Gasteiger charge is 2.36. The zero-order valence-corrected chi connectivity index (χ0v) is 16.6. The second kappa shape index (κ2) is 14.3. The van der Waals surface area contributed by atoms with E-state index in [1.54, 1.807) is 0 Å². The van der Waals surface area contributed by atoms with Gasteiger partial charge >= 0.3 is 5.97 Å². The largest absolute Gasteiger partial charge is 0.481 e. The fraction of sp³-hybridized carbons (Fsp3) is 0.591. The molecule has 1 fully saturated rings. The van der Waals surface area contributed by atoms with Crippen LogP contribution in [0.15, 0.2) is 48.6 Å². The van der Waals surface area contributed by atoms with Gasteiger partial charge in [0.05, 0.1) is 30.5 Å². The van der Waals surface area contributed by atoms with E-state index in [-0.39, 0.29) is 19.3 Å². The number of carboxylic acids is 1. The maximum atomic E-state index is 10.6. The molecule has 1 aliphatic rings. The van der Waals surface area contributed by atoms with Crippen molar-refractivity contribution in [2.75, 3.05) is 0 Å². The van der Waals surface area contributed by atoms with Gasteiger partial charge in [0.1, 0.15) is 0 Å². The molecule has 4 N–H and O–H groups in total. The standard InChI is InChI=1S/C22H34O6/c1-2-3-4-5-6-7-8-9-10-11-17(23)12-13-18(24)21-16-19(25)20(28-21)14-15-22(26)27/h3-4,6-7,9-10,12-13,17-21,23-25H,2,5,8,11,14-16H2,1H3,(H,26,27)/b4-3-,7-6-,10-9-,13-12+/t17-,18+,19+,20-,21+/m1/s1. The van der Waals surface area contributed by atoms with Crippen LogP contribution in [0.1, 0.15) is 51.9 Å². The quantitative estimate of drug-likeness (QED) is 0.358. The van der Waals surface area contributed by atoms with Crippen molar-refractivity contribution in [3.05, 3.63) is 48.6 Å². The number of carboxylic acid groups (broad SMARTS) is 1. The Morgan fingerprint density at radius 3 is 2.36 bits per heavy atom. The van der Waals surface area contributed by atoms with Gasteiger partial charge in [0.2, 0.25) is 0 Å². The zero-order valence-electron chi connectivity index (χ0n) is 16.6. The zero-order chi connectivity index (χ0) is 20.8. The second-order valence-corrected chi connectivity index (χ2v) is 6.92. The van der Waals surface area contributed by atoms with Crippen molar-refractivity contribution in [2.24, 2.45) is 0 Å². The lowest BCUT2D eigenvalue weighted by Crippen LogP contribution is -2.25. The third-order valence-corrected chi connectivity index (χ3v) is 4.46. The van der Waals surface area contributed by atoms with Gasteiger partial charge in [-0.25, -0.2) is 0 Å². The van der Waals surface area contributed by atoms with Crippen LogP contribution in [0.2, 0.25) is 0 Å². The number of aliphatic carboxylic acids is 1. The normalized spacial score (nSPS) is 25.5. The Morgan fingerprint density at radius 2 is 1.71 bits per heavy atom. The molecule has 0 unspecified atom stereocenters. The molecule has 5 atom stereocenters. The first kappa shape index (κ1) is 24.3. The monoisotopic (exact) mass is 394 g/mol. The number of aliphatic hydroxyl groups is 3. The van der Waals surface area contributed by atoms with Gasteiger partial charge in [0.25, 0.3) is 0 Å². The van der Waals surface area contributed by atoms with Gasteiger partial charge in [0.15, 0.2) is 0 Å². The molecule has 0 aromatic heterocycles. The second-order valence-electron chi connectivity index (χ2n) is 6.92. The molecule has 1 rings (SSSR count). The van der Waals surface area contributed by atoms with Crippen LogP contribution >= 0.6 is 0 Å². The van der Waals surface area contributed by atoms with E-state index >= 15 is 0 Å². The average Bonchev–Trinajstić information content (AvgIpc) is 3.04. The SMILES string of the molecule is CC/C=C\C/C=C\C/C=C\C[C@@H](O)/C=C/[C@H](O)[C@@H]1C[C@H](O)[C@@H](CCC(=O)O)O1. The van der Waals surface area contributed by atoms with Crippen LogP contribution in [0.4, 0.5) is 0 Å². The maximum Gasteiger partial charge on any atom is 0.303 e. The Balaban J connectivity index is 2.28. The van der Waals surface area contributed by atoms with Crippen molar-refractivity contribution in [1.29, 1.82) is 0 Å². The van der Waals surface area contributed by atoms with E-state index in [9.17, 15) is 20.1 Å². The van der Waals surface area contributed by atoms with Gasteiger partial charge in [-0.1, -0.05) is 55.5 Å². The van der Waals surface area contributed by atoms with Gasteiger partial charge in [0, 0.05) is 12.8 Å². The number of hydrogen-bond donors (Lipinski definition) is 4. The summed E-state index contributed by atoms with van der Waals surface area (Å²) in [5.41, 5.74) is 0. The van der Waals surface area contributed by atoms with Crippen molar-refractivity contribution < 1.29 is 30.0 Å². The third-order valence-electron chi connectivity index (χ3n) is 4.46. The van der Waals surface area contributed by atoms with Crippen molar-refractivity contribution >= 4 is 5.97 Å². The van der Waals surface area contributed by atoms with Gasteiger partial charge in [-0.3, -0.25) is 4.79 Å². The molecule has 0 amide bonds. The smallest absolute Gasteiger partial charge is 0.303 e. The molecule has 6 nitrogen and oxygen atoms in total. The first-order valence-corrected chi connectivity index (χ1v) is 9.98. The fourth-order valence-corrected chi connectivity index (χ4v) is 2.90. The molecule has 1 saturated heterocycles. The third kappa shape index (κ3) is 10.6. The number of aliphatic hydroxyl groups excluding tert-OH is 3. The lowest BCUT2D eigenvalue weighted by atomic mass is 10.0. The van der Waals surface area contributed by atoms with Crippen LogP contribution in [0.25, 0.3) is 0 Å². The molecule has 158 valence electrons. The summed E-state index contributed by atoms with van der Waals surface area (Å²) in [6.07, 6.45) is 15.3. The van der Waals surface area contributed by atoms with Crippen molar-refractivity contribution in [2.45, 2.75) is 82.4 Å². The number of allylic oxidation sites excluding steroid dienone is 5. The Bertz CT molecular complexity index is 551. The number of ether oxygens (including phenoxy) is 1. The minimum atomic E-state index is -0.956. The van der Waals surface area contributed by atoms with Crippen molar-refractivity contribution in [1.82, 2.24) is 0 Å². The first-order chi connectivity index (χ1) is 13.4. The number of rotatable bonds is 13. The highest BCUT2D eigenvalue weighted by molar-refractivity contribution is 5.66. The summed E-state index contributed by atoms with van der Waals surface area (Å²) in [6, 6.07) is 0. The Hall–Kier alpha value is -1.73. The first-order valence-electron chi connectivity index (χ1n) is 9.98. The molecule has 1 heterocycles. The summed E-state index contributed by atoms with van der Waals surface area (Å²) in [5, 5.41) is 38.7. The van der Waals surface area contributed by atoms with Crippen molar-refractivity contribution in [3.63, 3.8) is 0 Å². The average molecular weight is 395 g/mol. The topological polar surface area (TPSA) is 107 Å². The number of hydrogen-bond acceptors (Lipinski definition) is 5. The minimum absolute atomic E-state index is 0.0872. The van der Waals surface area contributed by atoms with E-state index in [1.807, 2.05) is 12.2 Å². The Labute approximate surface area is 167 Å². The Morgan fingerprint density at radius 1 is 1.07 bits per heavy atom. The molecule has 0 saturated carbocycles. The highest BCUT2D eigenvalue weighted by atomic mass is 16.5. The summed E-state index contributed by atoms with van der Waals surface area (Å²) in [4.78, 5) is 10.6. The molecule has 1 aliphatic heterocycles. The lowest BCUT2D eigenvalue weighted by molar-refractivity contribution is -0.138. The van der Waals surface area contributed by atoms with Gasteiger partial charge in [-0.05, 0) is 32.1 Å². The van der Waals surface area contributed by atoms with E-state index < -0.39 is 36.5 Å². The van der Waals surface area contributed by atoms with Crippen LogP contribution in [0, 0.1) is 0 Å². The molecular formula is C22H34O6. The summed E-state index contributed by atoms with van der Waals surface area (Å²) >= 11 is 0. The Kier molecular flexibility index (Phi) is 12.4. The maximum absolute atomic E-state index is 10.6. The summed E-state index contributed by atoms with van der Waals surface area (Å²) in [7, 11) is 0. The predicted octanol–water partition coefficient (Wildman–Crippen LogP) is 2.90. The predicted molar refractivity (Wildman–Crippen MR) is 109 cm³/mol. The fourth-order valence-electron chi connectivity index (χ4n) is 2.90. The van der Waals surface area contributed by atoms with Crippen LogP contribution in [0.3, 0.4) is 0 Å². The molecule has 0 spiro atoms. The molecular weight excluding hydrogens is 360 g/mol. The van der Waals surface area contributed by atoms with E-state index in [4.69, 9.17) is 9.84 Å². The highest BCUT2D eigenvalue weighted by Crippen LogP contribution is 2.26. The van der Waals surface area contributed by atoms with E-state index in [0.29, 0.717) is 6.42 Å². The molecule has 28 heavy (non-hydrogen) atoms. The summed E-state index contributed by atoms with van der Waals surface area (Å²) in [6.45, 7) is 2.10. The molecule has 0 radical (unpaired) electrons. The minimum Gasteiger partial charge on any atom is -0.481 e. The van der Waals surface area contributed by atoms with Gasteiger partial charge in [-0.2, -0.15) is 0 Å². The van der Waals surface area contributed by atoms with Crippen LogP contribution < -0.4 is 0 Å². The van der Waals surface area contributed by atoms with E-state index in [1.165, 1.54) is 12.2 Å². The lowest BCUT2D eigenvalue weighted by Gasteiger charge is -2.16. The van der Waals surface area contributed by atoms with Crippen molar-refractivity contribution in [3.8, 4) is 0 Å². The number of carbonyl (C=O) groups is 1. The summed E-state index contributed by atoms with van der Waals surface area (Å²) in [5.74, 6) is -0.945. The molecule has 0 aliphatic carbocycles. The molecule has 6 heteroatoms. The molecule has 0 bridgehead atoms. The van der Waals surface area contributed by atoms with E-state index in [0.717, 1.165) is 19.3 Å². The summed E-state index contributed by atoms with van der Waals surface area (Å²) < 4.78 is 5.56. The van der Waals surface area contributed by atoms with Crippen LogP contribution in [-0.2, 0) is 9.53 Å².